The molecule has 0 unspecified atom stereocenters. The van der Waals surface area contributed by atoms with E-state index in [-0.39, 0.29) is 5.41 Å². The van der Waals surface area contributed by atoms with Gasteiger partial charge >= 0.3 is 0 Å². The lowest BCUT2D eigenvalue weighted by molar-refractivity contribution is 0.112. The molecule has 0 saturated heterocycles. The lowest BCUT2D eigenvalue weighted by Gasteiger charge is -2.26. The number of hydrogen-bond acceptors (Lipinski definition) is 5. The Balaban J connectivity index is 2.87. The Hall–Kier alpha value is -0.940. The second kappa shape index (κ2) is 5.60. The molecule has 0 aliphatic carbocycles. The molecule has 0 radical (unpaired) electrons. The van der Waals surface area contributed by atoms with Gasteiger partial charge in [0.15, 0.2) is 11.4 Å². The topological polar surface area (TPSA) is 42.4 Å². The number of ether oxygens (including phenoxy) is 1. The summed E-state index contributed by atoms with van der Waals surface area (Å²) in [5, 5.41) is 0.870. The fourth-order valence-electron chi connectivity index (χ4n) is 1.63. The molecule has 0 fully saturated rings. The Morgan fingerprint density at radius 3 is 2.59 bits per heavy atom. The Kier molecular flexibility index (Phi) is 4.65. The van der Waals surface area contributed by atoms with Crippen molar-refractivity contribution in [2.24, 2.45) is 5.41 Å². The lowest BCUT2D eigenvalue weighted by atomic mass is 9.96. The van der Waals surface area contributed by atoms with Gasteiger partial charge in [0.2, 0.25) is 0 Å². The summed E-state index contributed by atoms with van der Waals surface area (Å²) >= 11 is 1.41. The van der Waals surface area contributed by atoms with E-state index in [9.17, 15) is 4.79 Å². The van der Waals surface area contributed by atoms with Gasteiger partial charge in [0.1, 0.15) is 0 Å². The molecular weight excluding hydrogens is 236 g/mol. The minimum absolute atomic E-state index is 0.198. The normalized spacial score (nSPS) is 11.6. The van der Waals surface area contributed by atoms with Gasteiger partial charge in [-0.25, -0.2) is 4.98 Å². The van der Waals surface area contributed by atoms with E-state index in [0.29, 0.717) is 11.5 Å². The lowest BCUT2D eigenvalue weighted by Crippen LogP contribution is -2.28. The van der Waals surface area contributed by atoms with Crippen LogP contribution < -0.4 is 4.90 Å². The fraction of sp³-hybridized carbons (Fsp3) is 0.667. The number of hydrogen-bond donors (Lipinski definition) is 0. The van der Waals surface area contributed by atoms with Crippen LogP contribution in [0.5, 0.6) is 0 Å². The number of thiazole rings is 1. The summed E-state index contributed by atoms with van der Waals surface area (Å²) < 4.78 is 5.03. The summed E-state index contributed by atoms with van der Waals surface area (Å²) in [5.74, 6) is 0. The van der Waals surface area contributed by atoms with Gasteiger partial charge in [0.25, 0.3) is 0 Å². The third-order valence-corrected chi connectivity index (χ3v) is 3.28. The summed E-state index contributed by atoms with van der Waals surface area (Å²) in [6.45, 7) is 7.80. The van der Waals surface area contributed by atoms with E-state index in [0.717, 1.165) is 23.7 Å². The molecule has 0 saturated carbocycles. The van der Waals surface area contributed by atoms with Gasteiger partial charge in [-0.2, -0.15) is 0 Å². The van der Waals surface area contributed by atoms with Gasteiger partial charge in [-0.15, -0.1) is 0 Å². The van der Waals surface area contributed by atoms with Gasteiger partial charge in [-0.1, -0.05) is 32.1 Å². The summed E-state index contributed by atoms with van der Waals surface area (Å²) in [5.41, 5.74) is 0.923. The van der Waals surface area contributed by atoms with Crippen molar-refractivity contribution in [3.8, 4) is 0 Å². The molecule has 96 valence electrons. The fourth-order valence-corrected chi connectivity index (χ4v) is 2.47. The standard InChI is InChI=1S/C12H20N2O2S/c1-12(2,3)8-14(4)11-13-9(7-16-5)10(6-15)17-11/h6H,7-8H2,1-5H3. The van der Waals surface area contributed by atoms with Crippen LogP contribution >= 0.6 is 11.3 Å². The minimum atomic E-state index is 0.198. The predicted molar refractivity (Wildman–Crippen MR) is 70.9 cm³/mol. The van der Waals surface area contributed by atoms with Crippen molar-refractivity contribution >= 4 is 22.8 Å². The number of carbonyl (C=O) groups is 1. The van der Waals surface area contributed by atoms with Gasteiger partial charge in [-0.3, -0.25) is 4.79 Å². The molecule has 1 aromatic rings. The van der Waals surface area contributed by atoms with Crippen molar-refractivity contribution in [3.05, 3.63) is 10.6 Å². The minimum Gasteiger partial charge on any atom is -0.378 e. The van der Waals surface area contributed by atoms with Crippen molar-refractivity contribution in [3.63, 3.8) is 0 Å². The highest BCUT2D eigenvalue weighted by Crippen LogP contribution is 2.27. The number of nitrogens with zero attached hydrogens (tertiary/aromatic N) is 2. The van der Waals surface area contributed by atoms with Crippen molar-refractivity contribution in [1.29, 1.82) is 0 Å². The molecule has 0 aromatic carbocycles. The molecule has 0 spiro atoms. The highest BCUT2D eigenvalue weighted by Gasteiger charge is 2.18. The largest absolute Gasteiger partial charge is 0.378 e. The van der Waals surface area contributed by atoms with Crippen molar-refractivity contribution in [2.45, 2.75) is 27.4 Å². The number of anilines is 1. The van der Waals surface area contributed by atoms with Gasteiger partial charge < -0.3 is 9.64 Å². The molecule has 1 aromatic heterocycles. The highest BCUT2D eigenvalue weighted by molar-refractivity contribution is 7.17. The van der Waals surface area contributed by atoms with Crippen LogP contribution in [0.15, 0.2) is 0 Å². The smallest absolute Gasteiger partial charge is 0.186 e. The first-order valence-corrected chi connectivity index (χ1v) is 6.34. The van der Waals surface area contributed by atoms with E-state index in [1.165, 1.54) is 11.3 Å². The van der Waals surface area contributed by atoms with Crippen LogP contribution in [0.3, 0.4) is 0 Å². The van der Waals surface area contributed by atoms with Crippen LogP contribution in [0, 0.1) is 5.41 Å². The first-order chi connectivity index (χ1) is 7.87. The molecule has 4 nitrogen and oxygen atoms in total. The maximum atomic E-state index is 10.9. The maximum Gasteiger partial charge on any atom is 0.186 e. The van der Waals surface area contributed by atoms with E-state index in [2.05, 4.69) is 30.7 Å². The molecule has 0 aliphatic rings. The molecule has 0 amide bonds. The number of aldehydes is 1. The van der Waals surface area contributed by atoms with E-state index in [4.69, 9.17) is 4.74 Å². The number of carbonyl (C=O) groups excluding carboxylic acids is 1. The number of methoxy groups -OCH3 is 1. The summed E-state index contributed by atoms with van der Waals surface area (Å²) in [6.07, 6.45) is 0.848. The molecule has 1 rings (SSSR count). The zero-order valence-corrected chi connectivity index (χ0v) is 11.9. The van der Waals surface area contributed by atoms with Crippen LogP contribution in [0.4, 0.5) is 5.13 Å². The zero-order valence-electron chi connectivity index (χ0n) is 11.1. The number of aromatic nitrogens is 1. The quantitative estimate of drug-likeness (QED) is 0.759. The summed E-state index contributed by atoms with van der Waals surface area (Å²) in [6, 6.07) is 0. The van der Waals surface area contributed by atoms with Crippen molar-refractivity contribution < 1.29 is 9.53 Å². The Morgan fingerprint density at radius 1 is 1.47 bits per heavy atom. The van der Waals surface area contributed by atoms with E-state index in [1.807, 2.05) is 7.05 Å². The maximum absolute atomic E-state index is 10.9. The van der Waals surface area contributed by atoms with Crippen molar-refractivity contribution in [1.82, 2.24) is 4.98 Å². The van der Waals surface area contributed by atoms with E-state index < -0.39 is 0 Å². The Morgan fingerprint density at radius 2 is 2.12 bits per heavy atom. The molecule has 0 bridgehead atoms. The molecule has 0 N–H and O–H groups in total. The van der Waals surface area contributed by atoms with Gasteiger partial charge in [0, 0.05) is 20.7 Å². The van der Waals surface area contributed by atoms with Crippen LogP contribution in [-0.2, 0) is 11.3 Å². The highest BCUT2D eigenvalue weighted by atomic mass is 32.1. The van der Waals surface area contributed by atoms with E-state index in [1.54, 1.807) is 7.11 Å². The predicted octanol–water partition coefficient (Wildman–Crippen LogP) is 2.58. The van der Waals surface area contributed by atoms with Crippen LogP contribution in [0.2, 0.25) is 0 Å². The first-order valence-electron chi connectivity index (χ1n) is 5.52. The summed E-state index contributed by atoms with van der Waals surface area (Å²) in [7, 11) is 3.60. The SMILES string of the molecule is COCc1nc(N(C)CC(C)(C)C)sc1C=O. The van der Waals surface area contributed by atoms with Crippen molar-refractivity contribution in [2.75, 3.05) is 25.6 Å². The molecular formula is C12H20N2O2S. The monoisotopic (exact) mass is 256 g/mol. The zero-order chi connectivity index (χ0) is 13.1. The molecule has 17 heavy (non-hydrogen) atoms. The third kappa shape index (κ3) is 4.09. The summed E-state index contributed by atoms with van der Waals surface area (Å²) in [4.78, 5) is 18.1. The average molecular weight is 256 g/mol. The van der Waals surface area contributed by atoms with Gasteiger partial charge in [0.05, 0.1) is 17.2 Å². The van der Waals surface area contributed by atoms with E-state index >= 15 is 0 Å². The molecule has 5 heteroatoms. The first kappa shape index (κ1) is 14.1. The molecule has 1 heterocycles. The second-order valence-electron chi connectivity index (χ2n) is 5.27. The van der Waals surface area contributed by atoms with Crippen LogP contribution in [-0.4, -0.2) is 32.0 Å². The Bertz CT molecular complexity index is 382. The Labute approximate surface area is 107 Å². The third-order valence-electron chi connectivity index (χ3n) is 2.14. The molecule has 0 atom stereocenters. The average Bonchev–Trinajstić information content (AvgIpc) is 2.59. The molecule has 0 aliphatic heterocycles. The van der Waals surface area contributed by atoms with Crippen LogP contribution in [0.1, 0.15) is 36.1 Å². The second-order valence-corrected chi connectivity index (χ2v) is 6.28. The van der Waals surface area contributed by atoms with Gasteiger partial charge in [-0.05, 0) is 5.41 Å². The number of rotatable bonds is 5. The van der Waals surface area contributed by atoms with Crippen LogP contribution in [0.25, 0.3) is 0 Å².